The van der Waals surface area contributed by atoms with Crippen molar-refractivity contribution in [1.29, 1.82) is 0 Å². The van der Waals surface area contributed by atoms with Gasteiger partial charge in [0.1, 0.15) is 5.75 Å². The fourth-order valence-corrected chi connectivity index (χ4v) is 3.23. The largest absolute Gasteiger partial charge is 0.497 e. The second kappa shape index (κ2) is 8.78. The number of rotatable bonds is 5. The third-order valence-electron chi connectivity index (χ3n) is 4.60. The Morgan fingerprint density at radius 1 is 1.19 bits per heavy atom. The lowest BCUT2D eigenvalue weighted by Gasteiger charge is -2.29. The Labute approximate surface area is 174 Å². The maximum Gasteiger partial charge on any atom is 0.250 e. The summed E-state index contributed by atoms with van der Waals surface area (Å²) in [6, 6.07) is 7.41. The third-order valence-corrected chi connectivity index (χ3v) is 5.11. The fourth-order valence-electron chi connectivity index (χ4n) is 2.97. The van der Waals surface area contributed by atoms with Crippen LogP contribution < -0.4 is 10.1 Å². The number of methoxy groups -OCH3 is 1. The number of aromatic nitrogens is 3. The number of alkyl halides is 3. The van der Waals surface area contributed by atoms with Gasteiger partial charge in [-0.2, -0.15) is 9.97 Å². The molecule has 1 saturated heterocycles. The third kappa shape index (κ3) is 5.57. The summed E-state index contributed by atoms with van der Waals surface area (Å²) in [5.74, 6) is 2.18. The lowest BCUT2D eigenvalue weighted by atomic mass is 9.97. The molecular weight excluding hydrogens is 409 g/mol. The van der Waals surface area contributed by atoms with Crippen LogP contribution in [0.5, 0.6) is 5.75 Å². The van der Waals surface area contributed by atoms with E-state index in [1.165, 1.54) is 0 Å². The molecule has 0 amide bonds. The molecule has 0 spiro atoms. The lowest BCUT2D eigenvalue weighted by Crippen LogP contribution is -2.33. The Morgan fingerprint density at radius 3 is 2.59 bits per heavy atom. The molecule has 1 N–H and O–H groups in total. The van der Waals surface area contributed by atoms with Crippen LogP contribution in [0.2, 0.25) is 0 Å². The van der Waals surface area contributed by atoms with Crippen molar-refractivity contribution in [2.45, 2.75) is 16.6 Å². The number of nitrogens with one attached hydrogen (secondary N) is 1. The van der Waals surface area contributed by atoms with E-state index in [4.69, 9.17) is 39.5 Å². The molecule has 0 unspecified atom stereocenters. The Morgan fingerprint density at radius 2 is 1.93 bits per heavy atom. The van der Waals surface area contributed by atoms with Crippen LogP contribution in [0.3, 0.4) is 0 Å². The zero-order chi connectivity index (χ0) is 19.4. The normalized spacial score (nSPS) is 16.3. The minimum atomic E-state index is -1.74. The van der Waals surface area contributed by atoms with Crippen LogP contribution in [-0.4, -0.2) is 53.6 Å². The van der Waals surface area contributed by atoms with E-state index >= 15 is 0 Å². The number of piperidine rings is 1. The van der Waals surface area contributed by atoms with Gasteiger partial charge < -0.3 is 15.0 Å². The number of likely N-dealkylation sites (tertiary alicyclic amines) is 1. The summed E-state index contributed by atoms with van der Waals surface area (Å²) in [5, 5.41) is 3.29. The molecule has 0 radical (unpaired) electrons. The molecule has 1 aliphatic rings. The van der Waals surface area contributed by atoms with Gasteiger partial charge in [-0.1, -0.05) is 46.9 Å². The van der Waals surface area contributed by atoms with Crippen LogP contribution in [-0.2, 0) is 3.79 Å². The van der Waals surface area contributed by atoms with Crippen LogP contribution in [0, 0.1) is 5.92 Å². The molecule has 0 bridgehead atoms. The maximum absolute atomic E-state index is 6.03. The molecule has 2 heterocycles. The summed E-state index contributed by atoms with van der Waals surface area (Å²) >= 11 is 18.1. The van der Waals surface area contributed by atoms with Crippen molar-refractivity contribution in [1.82, 2.24) is 19.9 Å². The molecule has 1 aliphatic heterocycles. The van der Waals surface area contributed by atoms with Gasteiger partial charge in [-0.3, -0.25) is 0 Å². The molecule has 27 heavy (non-hydrogen) atoms. The van der Waals surface area contributed by atoms with Crippen molar-refractivity contribution in [3.8, 4) is 17.1 Å². The molecule has 0 atom stereocenters. The number of anilines is 1. The first-order valence-electron chi connectivity index (χ1n) is 8.75. The monoisotopic (exact) mass is 429 g/mol. The highest BCUT2D eigenvalue weighted by atomic mass is 35.6. The Hall–Kier alpha value is -1.34. The molecular formula is C18H22Cl3N5O. The first-order valence-corrected chi connectivity index (χ1v) is 9.88. The first kappa shape index (κ1) is 20.4. The van der Waals surface area contributed by atoms with Crippen LogP contribution >= 0.6 is 34.8 Å². The van der Waals surface area contributed by atoms with E-state index < -0.39 is 3.79 Å². The number of benzene rings is 1. The van der Waals surface area contributed by atoms with E-state index in [1.54, 1.807) is 7.11 Å². The molecule has 2 aromatic rings. The number of nitrogens with zero attached hydrogens (tertiary/aromatic N) is 4. The number of halogens is 3. The van der Waals surface area contributed by atoms with Crippen molar-refractivity contribution in [3.05, 3.63) is 30.1 Å². The molecule has 1 aromatic carbocycles. The number of hydrogen-bond donors (Lipinski definition) is 1. The van der Waals surface area contributed by atoms with Crippen molar-refractivity contribution in [3.63, 3.8) is 0 Å². The quantitative estimate of drug-likeness (QED) is 0.720. The van der Waals surface area contributed by atoms with E-state index in [2.05, 4.69) is 32.2 Å². The Balaban J connectivity index is 1.84. The summed E-state index contributed by atoms with van der Waals surface area (Å²) in [5.41, 5.74) is 0.759. The minimum Gasteiger partial charge on any atom is -0.497 e. The zero-order valence-electron chi connectivity index (χ0n) is 15.3. The highest BCUT2D eigenvalue weighted by Gasteiger charge is 2.29. The lowest BCUT2D eigenvalue weighted by molar-refractivity contribution is 0.226. The molecule has 0 aliphatic carbocycles. The fraction of sp³-hybridized carbons (Fsp3) is 0.500. The summed E-state index contributed by atoms with van der Waals surface area (Å²) in [4.78, 5) is 15.5. The smallest absolute Gasteiger partial charge is 0.250 e. The molecule has 0 saturated carbocycles. The standard InChI is InChI=1S/C18H22Cl3N5O/c1-26-8-6-12(7-9-26)11-22-17-24-15(23-16(25-17)18(19,20)21)13-4-3-5-14(10-13)27-2/h3-5,10,12H,6-9,11H2,1-2H3,(H,22,23,24,25). The molecule has 9 heteroatoms. The molecule has 1 aromatic heterocycles. The van der Waals surface area contributed by atoms with Gasteiger partial charge >= 0.3 is 0 Å². The minimum absolute atomic E-state index is 0.0891. The molecule has 6 nitrogen and oxygen atoms in total. The predicted octanol–water partition coefficient (Wildman–Crippen LogP) is 4.13. The molecule has 146 valence electrons. The van der Waals surface area contributed by atoms with Crippen LogP contribution in [0.4, 0.5) is 5.95 Å². The number of ether oxygens (including phenoxy) is 1. The van der Waals surface area contributed by atoms with Gasteiger partial charge in [-0.25, -0.2) is 4.98 Å². The van der Waals surface area contributed by atoms with E-state index in [0.717, 1.165) is 38.0 Å². The van der Waals surface area contributed by atoms with E-state index in [0.29, 0.717) is 23.4 Å². The van der Waals surface area contributed by atoms with Crippen molar-refractivity contribution < 1.29 is 4.74 Å². The second-order valence-electron chi connectivity index (χ2n) is 6.66. The summed E-state index contributed by atoms with van der Waals surface area (Å²) in [6.07, 6.45) is 2.27. The molecule has 3 rings (SSSR count). The van der Waals surface area contributed by atoms with Crippen molar-refractivity contribution in [2.75, 3.05) is 39.1 Å². The molecule has 1 fully saturated rings. The number of hydrogen-bond acceptors (Lipinski definition) is 6. The van der Waals surface area contributed by atoms with Crippen molar-refractivity contribution >= 4 is 40.8 Å². The topological polar surface area (TPSA) is 63.2 Å². The summed E-state index contributed by atoms with van der Waals surface area (Å²) in [6.45, 7) is 2.96. The van der Waals surface area contributed by atoms with Gasteiger partial charge in [-0.15, -0.1) is 0 Å². The van der Waals surface area contributed by atoms with E-state index in [1.807, 2.05) is 24.3 Å². The van der Waals surface area contributed by atoms with Gasteiger partial charge in [0, 0.05) is 12.1 Å². The summed E-state index contributed by atoms with van der Waals surface area (Å²) < 4.78 is 3.54. The van der Waals surface area contributed by atoms with Crippen LogP contribution in [0.25, 0.3) is 11.4 Å². The predicted molar refractivity (Wildman–Crippen MR) is 110 cm³/mol. The van der Waals surface area contributed by atoms with Gasteiger partial charge in [0.05, 0.1) is 7.11 Å². The van der Waals surface area contributed by atoms with Gasteiger partial charge in [0.25, 0.3) is 0 Å². The van der Waals surface area contributed by atoms with Gasteiger partial charge in [0.15, 0.2) is 11.6 Å². The van der Waals surface area contributed by atoms with E-state index in [9.17, 15) is 0 Å². The average molecular weight is 431 g/mol. The second-order valence-corrected chi connectivity index (χ2v) is 8.94. The van der Waals surface area contributed by atoms with Crippen molar-refractivity contribution in [2.24, 2.45) is 5.92 Å². The average Bonchev–Trinajstić information content (AvgIpc) is 2.66. The highest BCUT2D eigenvalue weighted by Crippen LogP contribution is 2.37. The SMILES string of the molecule is COc1cccc(-c2nc(NCC3CCN(C)CC3)nc(C(Cl)(Cl)Cl)n2)c1. The first-order chi connectivity index (χ1) is 12.8. The Kier molecular flexibility index (Phi) is 6.63. The van der Waals surface area contributed by atoms with E-state index in [-0.39, 0.29) is 5.82 Å². The van der Waals surface area contributed by atoms with Crippen LogP contribution in [0.15, 0.2) is 24.3 Å². The van der Waals surface area contributed by atoms with Gasteiger partial charge in [-0.05, 0) is 51.0 Å². The Bertz CT molecular complexity index is 776. The highest BCUT2D eigenvalue weighted by molar-refractivity contribution is 6.66. The van der Waals surface area contributed by atoms with Crippen LogP contribution in [0.1, 0.15) is 18.7 Å². The maximum atomic E-state index is 6.03. The summed E-state index contributed by atoms with van der Waals surface area (Å²) in [7, 11) is 3.75. The zero-order valence-corrected chi connectivity index (χ0v) is 17.5. The van der Waals surface area contributed by atoms with Gasteiger partial charge in [0.2, 0.25) is 9.74 Å².